The van der Waals surface area contributed by atoms with Gasteiger partial charge in [-0.15, -0.1) is 0 Å². The van der Waals surface area contributed by atoms with Gasteiger partial charge in [-0.2, -0.15) is 0 Å². The topological polar surface area (TPSA) is 46.0 Å². The predicted octanol–water partition coefficient (Wildman–Crippen LogP) is 4.24. The molecule has 7 heteroatoms. The first-order valence-corrected chi connectivity index (χ1v) is 7.60. The highest BCUT2D eigenvalue weighted by molar-refractivity contribution is 7.98. The number of rotatable bonds is 3. The van der Waals surface area contributed by atoms with Gasteiger partial charge in [-0.05, 0) is 12.3 Å². The molecule has 1 aromatic carbocycles. The maximum Gasteiger partial charge on any atom is 0.190 e. The first-order valence-electron chi connectivity index (χ1n) is 5.24. The molecule has 0 bridgehead atoms. The Kier molecular flexibility index (Phi) is 4.92. The summed E-state index contributed by atoms with van der Waals surface area (Å²) in [7, 11) is 0. The molecule has 100 valence electrons. The number of aliphatic hydroxyl groups excluding tert-OH is 1. The van der Waals surface area contributed by atoms with Crippen LogP contribution in [0.3, 0.4) is 0 Å². The average molecular weight is 336 g/mol. The van der Waals surface area contributed by atoms with Crippen LogP contribution in [0.4, 0.5) is 0 Å². The minimum absolute atomic E-state index is 0.122. The zero-order valence-corrected chi connectivity index (χ0v) is 12.9. The number of halogens is 3. The van der Waals surface area contributed by atoms with Gasteiger partial charge >= 0.3 is 0 Å². The highest BCUT2D eigenvalue weighted by atomic mass is 35.5. The number of thioether (sulfide) groups is 1. The third-order valence-electron chi connectivity index (χ3n) is 2.49. The SMILES string of the molecule is CSc1nc(Cl)c(C(O)c2ccccc2Cl)c(Cl)n1. The Morgan fingerprint density at radius 2 is 1.68 bits per heavy atom. The van der Waals surface area contributed by atoms with Crippen molar-refractivity contribution in [3.8, 4) is 0 Å². The highest BCUT2D eigenvalue weighted by Crippen LogP contribution is 2.35. The standard InChI is InChI=1S/C12H9Cl3N2OS/c1-19-12-16-10(14)8(11(15)17-12)9(18)6-4-2-3-5-7(6)13/h2-5,9,18H,1H3. The van der Waals surface area contributed by atoms with Gasteiger partial charge in [0.25, 0.3) is 0 Å². The van der Waals surface area contributed by atoms with E-state index < -0.39 is 6.10 Å². The number of aliphatic hydroxyl groups is 1. The van der Waals surface area contributed by atoms with Gasteiger partial charge in [0.05, 0.1) is 5.56 Å². The number of aromatic nitrogens is 2. The van der Waals surface area contributed by atoms with Crippen LogP contribution >= 0.6 is 46.6 Å². The molecule has 3 nitrogen and oxygen atoms in total. The molecule has 1 aromatic heterocycles. The molecule has 0 aliphatic carbocycles. The minimum atomic E-state index is -1.07. The molecule has 0 saturated heterocycles. The van der Waals surface area contributed by atoms with Crippen molar-refractivity contribution in [3.05, 3.63) is 50.7 Å². The molecule has 0 aliphatic heterocycles. The van der Waals surface area contributed by atoms with E-state index >= 15 is 0 Å². The van der Waals surface area contributed by atoms with E-state index in [4.69, 9.17) is 34.8 Å². The van der Waals surface area contributed by atoms with Gasteiger partial charge in [0, 0.05) is 10.6 Å². The molecular weight excluding hydrogens is 327 g/mol. The van der Waals surface area contributed by atoms with Crippen LogP contribution in [0, 0.1) is 0 Å². The van der Waals surface area contributed by atoms with Crippen LogP contribution < -0.4 is 0 Å². The van der Waals surface area contributed by atoms with E-state index in [2.05, 4.69) is 9.97 Å². The maximum atomic E-state index is 10.4. The van der Waals surface area contributed by atoms with Gasteiger partial charge in [0.15, 0.2) is 5.16 Å². The lowest BCUT2D eigenvalue weighted by atomic mass is 10.0. The van der Waals surface area contributed by atoms with E-state index in [-0.39, 0.29) is 15.9 Å². The lowest BCUT2D eigenvalue weighted by molar-refractivity contribution is 0.219. The largest absolute Gasteiger partial charge is 0.383 e. The second-order valence-corrected chi connectivity index (χ2v) is 5.53. The second kappa shape index (κ2) is 6.29. The summed E-state index contributed by atoms with van der Waals surface area (Å²) in [5, 5.41) is 11.5. The van der Waals surface area contributed by atoms with Crippen molar-refractivity contribution in [2.24, 2.45) is 0 Å². The van der Waals surface area contributed by atoms with E-state index in [9.17, 15) is 5.11 Å². The summed E-state index contributed by atoms with van der Waals surface area (Å²) in [4.78, 5) is 8.12. The summed E-state index contributed by atoms with van der Waals surface area (Å²) in [6.45, 7) is 0. The maximum absolute atomic E-state index is 10.4. The van der Waals surface area contributed by atoms with Crippen LogP contribution in [0.25, 0.3) is 0 Å². The van der Waals surface area contributed by atoms with Gasteiger partial charge in [-0.25, -0.2) is 9.97 Å². The van der Waals surface area contributed by atoms with Crippen LogP contribution in [-0.4, -0.2) is 21.3 Å². The summed E-state index contributed by atoms with van der Waals surface area (Å²) in [5.41, 5.74) is 0.766. The molecule has 0 aliphatic rings. The quantitative estimate of drug-likeness (QED) is 0.518. The fourth-order valence-electron chi connectivity index (χ4n) is 1.57. The monoisotopic (exact) mass is 334 g/mol. The Bertz CT molecular complexity index is 586. The predicted molar refractivity (Wildman–Crippen MR) is 79.3 cm³/mol. The van der Waals surface area contributed by atoms with Crippen LogP contribution in [0.15, 0.2) is 29.4 Å². The molecule has 0 spiro atoms. The molecule has 19 heavy (non-hydrogen) atoms. The van der Waals surface area contributed by atoms with Crippen molar-refractivity contribution in [3.63, 3.8) is 0 Å². The summed E-state index contributed by atoms with van der Waals surface area (Å²) >= 11 is 19.5. The fourth-order valence-corrected chi connectivity index (χ4v) is 2.87. The van der Waals surface area contributed by atoms with Gasteiger partial charge < -0.3 is 5.11 Å². The van der Waals surface area contributed by atoms with E-state index in [1.165, 1.54) is 11.8 Å². The van der Waals surface area contributed by atoms with Crippen LogP contribution in [0.1, 0.15) is 17.2 Å². The smallest absolute Gasteiger partial charge is 0.190 e. The third-order valence-corrected chi connectivity index (χ3v) is 3.96. The molecule has 1 unspecified atom stereocenters. The summed E-state index contributed by atoms with van der Waals surface area (Å²) < 4.78 is 0. The minimum Gasteiger partial charge on any atom is -0.383 e. The molecule has 1 N–H and O–H groups in total. The summed E-state index contributed by atoms with van der Waals surface area (Å²) in [6.07, 6.45) is 0.746. The van der Waals surface area contributed by atoms with E-state index in [0.717, 1.165) is 0 Å². The molecule has 0 saturated carbocycles. The Morgan fingerprint density at radius 3 is 2.21 bits per heavy atom. The third kappa shape index (κ3) is 3.15. The Labute approximate surface area is 129 Å². The Morgan fingerprint density at radius 1 is 1.11 bits per heavy atom. The van der Waals surface area contributed by atoms with Crippen LogP contribution in [-0.2, 0) is 0 Å². The lowest BCUT2D eigenvalue weighted by Gasteiger charge is -2.15. The first kappa shape index (κ1) is 14.9. The van der Waals surface area contributed by atoms with Gasteiger partial charge in [-0.1, -0.05) is 64.8 Å². The lowest BCUT2D eigenvalue weighted by Crippen LogP contribution is -2.05. The number of hydrogen-bond donors (Lipinski definition) is 1. The van der Waals surface area contributed by atoms with Gasteiger partial charge in [0.1, 0.15) is 16.4 Å². The number of nitrogens with zero attached hydrogens (tertiary/aromatic N) is 2. The van der Waals surface area contributed by atoms with Crippen molar-refractivity contribution in [1.29, 1.82) is 0 Å². The number of benzene rings is 1. The van der Waals surface area contributed by atoms with Crippen LogP contribution in [0.2, 0.25) is 15.3 Å². The molecule has 2 aromatic rings. The zero-order chi connectivity index (χ0) is 14.0. The molecule has 0 amide bonds. The molecular formula is C12H9Cl3N2OS. The Hall–Kier alpha value is -0.520. The second-order valence-electron chi connectivity index (χ2n) is 3.63. The summed E-state index contributed by atoms with van der Waals surface area (Å²) in [5.74, 6) is 0. The van der Waals surface area contributed by atoms with Gasteiger partial charge in [-0.3, -0.25) is 0 Å². The molecule has 0 fully saturated rings. The fraction of sp³-hybridized carbons (Fsp3) is 0.167. The molecule has 2 rings (SSSR count). The van der Waals surface area contributed by atoms with Crippen molar-refractivity contribution in [2.75, 3.05) is 6.26 Å². The van der Waals surface area contributed by atoms with Gasteiger partial charge in [0.2, 0.25) is 0 Å². The highest BCUT2D eigenvalue weighted by Gasteiger charge is 2.22. The van der Waals surface area contributed by atoms with Crippen molar-refractivity contribution >= 4 is 46.6 Å². The molecule has 1 atom stereocenters. The normalized spacial score (nSPS) is 12.5. The number of hydrogen-bond acceptors (Lipinski definition) is 4. The van der Waals surface area contributed by atoms with E-state index in [0.29, 0.717) is 15.7 Å². The van der Waals surface area contributed by atoms with Crippen LogP contribution in [0.5, 0.6) is 0 Å². The van der Waals surface area contributed by atoms with Crippen molar-refractivity contribution in [2.45, 2.75) is 11.3 Å². The van der Waals surface area contributed by atoms with E-state index in [1.807, 2.05) is 6.26 Å². The molecule has 1 heterocycles. The van der Waals surface area contributed by atoms with Crippen molar-refractivity contribution in [1.82, 2.24) is 9.97 Å². The average Bonchev–Trinajstić information content (AvgIpc) is 2.38. The summed E-state index contributed by atoms with van der Waals surface area (Å²) in [6, 6.07) is 6.92. The molecule has 0 radical (unpaired) electrons. The Balaban J connectivity index is 2.50. The first-order chi connectivity index (χ1) is 9.04. The van der Waals surface area contributed by atoms with E-state index in [1.54, 1.807) is 24.3 Å². The van der Waals surface area contributed by atoms with Crippen molar-refractivity contribution < 1.29 is 5.11 Å². The zero-order valence-electron chi connectivity index (χ0n) is 9.77.